The Hall–Kier alpha value is -2.10. The minimum atomic E-state index is -0.253. The number of hydrogen-bond acceptors (Lipinski definition) is 5. The monoisotopic (exact) mass is 261 g/mol. The number of pyridine rings is 1. The topological polar surface area (TPSA) is 88.9 Å². The Labute approximate surface area is 107 Å². The van der Waals surface area contributed by atoms with Gasteiger partial charge in [0.15, 0.2) is 0 Å². The number of thiophene rings is 1. The fourth-order valence-corrected chi connectivity index (χ4v) is 2.29. The average Bonchev–Trinajstić information content (AvgIpc) is 2.90. The number of rotatable bonds is 4. The van der Waals surface area contributed by atoms with Gasteiger partial charge in [0.25, 0.3) is 5.56 Å². The SMILES string of the molecule is N#Cc1cc(-c2cccs2)c(=O)[nH]c1NCCO. The molecule has 2 heterocycles. The van der Waals surface area contributed by atoms with Gasteiger partial charge in [-0.1, -0.05) is 6.07 Å². The maximum absolute atomic E-state index is 11.9. The third kappa shape index (κ3) is 2.42. The average molecular weight is 261 g/mol. The minimum Gasteiger partial charge on any atom is -0.395 e. The molecule has 0 radical (unpaired) electrons. The molecule has 2 aromatic rings. The highest BCUT2D eigenvalue weighted by molar-refractivity contribution is 7.13. The van der Waals surface area contributed by atoms with Crippen molar-refractivity contribution in [3.63, 3.8) is 0 Å². The molecule has 6 heteroatoms. The summed E-state index contributed by atoms with van der Waals surface area (Å²) in [4.78, 5) is 15.4. The van der Waals surface area contributed by atoms with Gasteiger partial charge in [0, 0.05) is 11.4 Å². The van der Waals surface area contributed by atoms with E-state index in [-0.39, 0.29) is 18.7 Å². The Balaban J connectivity index is 2.47. The Bertz CT molecular complexity index is 626. The summed E-state index contributed by atoms with van der Waals surface area (Å²) in [5.74, 6) is 0.344. The van der Waals surface area contributed by atoms with E-state index in [1.165, 1.54) is 11.3 Å². The molecule has 0 atom stereocenters. The van der Waals surface area contributed by atoms with Gasteiger partial charge in [-0.3, -0.25) is 4.79 Å². The van der Waals surface area contributed by atoms with E-state index in [1.807, 2.05) is 23.6 Å². The zero-order chi connectivity index (χ0) is 13.0. The molecule has 0 saturated carbocycles. The number of nitriles is 1. The maximum Gasteiger partial charge on any atom is 0.258 e. The second-order valence-corrected chi connectivity index (χ2v) is 4.49. The number of hydrogen-bond donors (Lipinski definition) is 3. The van der Waals surface area contributed by atoms with Crippen LogP contribution in [0.1, 0.15) is 5.56 Å². The van der Waals surface area contributed by atoms with Gasteiger partial charge in [-0.15, -0.1) is 11.3 Å². The molecule has 2 aromatic heterocycles. The quantitative estimate of drug-likeness (QED) is 0.775. The highest BCUT2D eigenvalue weighted by Gasteiger charge is 2.10. The lowest BCUT2D eigenvalue weighted by Gasteiger charge is -2.07. The van der Waals surface area contributed by atoms with Gasteiger partial charge in [-0.2, -0.15) is 5.26 Å². The van der Waals surface area contributed by atoms with E-state index in [1.54, 1.807) is 6.07 Å². The van der Waals surface area contributed by atoms with Gasteiger partial charge in [-0.05, 0) is 17.5 Å². The predicted molar refractivity (Wildman–Crippen MR) is 70.7 cm³/mol. The standard InChI is InChI=1S/C12H11N3O2S/c13-7-8-6-9(10-2-1-5-18-10)12(17)15-11(8)14-3-4-16/h1-2,5-6,16H,3-4H2,(H2,14,15,17). The summed E-state index contributed by atoms with van der Waals surface area (Å²) >= 11 is 1.44. The highest BCUT2D eigenvalue weighted by Crippen LogP contribution is 2.23. The molecule has 18 heavy (non-hydrogen) atoms. The van der Waals surface area contributed by atoms with Crippen LogP contribution in [-0.2, 0) is 0 Å². The zero-order valence-electron chi connectivity index (χ0n) is 9.43. The lowest BCUT2D eigenvalue weighted by Crippen LogP contribution is -2.16. The zero-order valence-corrected chi connectivity index (χ0v) is 10.3. The minimum absolute atomic E-state index is 0.0699. The summed E-state index contributed by atoms with van der Waals surface area (Å²) in [5.41, 5.74) is 0.583. The van der Waals surface area contributed by atoms with Gasteiger partial charge in [-0.25, -0.2) is 0 Å². The molecule has 0 aliphatic carbocycles. The fraction of sp³-hybridized carbons (Fsp3) is 0.167. The predicted octanol–water partition coefficient (Wildman–Crippen LogP) is 1.38. The number of nitrogens with one attached hydrogen (secondary N) is 2. The van der Waals surface area contributed by atoms with E-state index in [9.17, 15) is 4.79 Å². The van der Waals surface area contributed by atoms with Crippen molar-refractivity contribution in [3.8, 4) is 16.5 Å². The van der Waals surface area contributed by atoms with Crippen LogP contribution >= 0.6 is 11.3 Å². The van der Waals surface area contributed by atoms with Gasteiger partial charge in [0.05, 0.1) is 17.7 Å². The van der Waals surface area contributed by atoms with Crippen molar-refractivity contribution in [1.29, 1.82) is 5.26 Å². The van der Waals surface area contributed by atoms with Crippen LogP contribution in [0, 0.1) is 11.3 Å². The summed E-state index contributed by atoms with van der Waals surface area (Å²) in [6.07, 6.45) is 0. The molecule has 5 nitrogen and oxygen atoms in total. The van der Waals surface area contributed by atoms with Crippen molar-refractivity contribution < 1.29 is 5.11 Å². The van der Waals surface area contributed by atoms with E-state index >= 15 is 0 Å². The molecule has 0 spiro atoms. The molecule has 0 aliphatic heterocycles. The van der Waals surface area contributed by atoms with Gasteiger partial charge in [0.1, 0.15) is 11.9 Å². The first-order chi connectivity index (χ1) is 8.76. The Morgan fingerprint density at radius 1 is 1.56 bits per heavy atom. The highest BCUT2D eigenvalue weighted by atomic mass is 32.1. The number of aromatic nitrogens is 1. The van der Waals surface area contributed by atoms with Crippen molar-refractivity contribution in [2.24, 2.45) is 0 Å². The second-order valence-electron chi connectivity index (χ2n) is 3.54. The Morgan fingerprint density at radius 3 is 3.00 bits per heavy atom. The molecule has 92 valence electrons. The van der Waals surface area contributed by atoms with E-state index in [4.69, 9.17) is 10.4 Å². The number of aromatic amines is 1. The summed E-state index contributed by atoms with van der Waals surface area (Å²) in [6, 6.07) is 7.27. The van der Waals surface area contributed by atoms with Crippen molar-refractivity contribution in [2.75, 3.05) is 18.5 Å². The molecule has 0 aliphatic rings. The van der Waals surface area contributed by atoms with Crippen LogP contribution < -0.4 is 10.9 Å². The van der Waals surface area contributed by atoms with E-state index in [0.29, 0.717) is 16.9 Å². The van der Waals surface area contributed by atoms with Crippen molar-refractivity contribution in [3.05, 3.63) is 39.5 Å². The summed E-state index contributed by atoms with van der Waals surface area (Å²) in [7, 11) is 0. The molecule has 0 amide bonds. The molecule has 0 unspecified atom stereocenters. The lowest BCUT2D eigenvalue weighted by molar-refractivity contribution is 0.311. The number of H-pyrrole nitrogens is 1. The first-order valence-corrected chi connectivity index (χ1v) is 6.20. The molecule has 0 bridgehead atoms. The largest absolute Gasteiger partial charge is 0.395 e. The molecular formula is C12H11N3O2S. The van der Waals surface area contributed by atoms with Crippen molar-refractivity contribution >= 4 is 17.2 Å². The van der Waals surface area contributed by atoms with E-state index in [2.05, 4.69) is 10.3 Å². The fourth-order valence-electron chi connectivity index (χ4n) is 1.55. The van der Waals surface area contributed by atoms with Crippen LogP contribution in [-0.4, -0.2) is 23.2 Å². The van der Waals surface area contributed by atoms with Crippen molar-refractivity contribution in [2.45, 2.75) is 0 Å². The lowest BCUT2D eigenvalue weighted by atomic mass is 10.1. The van der Waals surface area contributed by atoms with Crippen LogP contribution in [0.4, 0.5) is 5.82 Å². The second kappa shape index (κ2) is 5.49. The number of anilines is 1. The van der Waals surface area contributed by atoms with E-state index in [0.717, 1.165) is 4.88 Å². The third-order valence-corrected chi connectivity index (χ3v) is 3.26. The first-order valence-electron chi connectivity index (χ1n) is 5.32. The number of aliphatic hydroxyl groups is 1. The van der Waals surface area contributed by atoms with Gasteiger partial charge >= 0.3 is 0 Å². The molecule has 0 aromatic carbocycles. The number of aliphatic hydroxyl groups excluding tert-OH is 1. The van der Waals surface area contributed by atoms with Crippen LogP contribution in [0.3, 0.4) is 0 Å². The van der Waals surface area contributed by atoms with Crippen LogP contribution in [0.25, 0.3) is 10.4 Å². The third-order valence-electron chi connectivity index (χ3n) is 2.36. The molecule has 2 rings (SSSR count). The molecule has 0 saturated heterocycles. The van der Waals surface area contributed by atoms with Gasteiger partial charge in [0.2, 0.25) is 0 Å². The smallest absolute Gasteiger partial charge is 0.258 e. The van der Waals surface area contributed by atoms with Crippen LogP contribution in [0.15, 0.2) is 28.4 Å². The molecule has 3 N–H and O–H groups in total. The Kier molecular flexibility index (Phi) is 3.77. The first kappa shape index (κ1) is 12.4. The van der Waals surface area contributed by atoms with E-state index < -0.39 is 0 Å². The molecule has 0 fully saturated rings. The summed E-state index contributed by atoms with van der Waals surface area (Å²) < 4.78 is 0. The van der Waals surface area contributed by atoms with Gasteiger partial charge < -0.3 is 15.4 Å². The molecular weight excluding hydrogens is 250 g/mol. The maximum atomic E-state index is 11.9. The summed E-state index contributed by atoms with van der Waals surface area (Å²) in [6.45, 7) is 0.211. The van der Waals surface area contributed by atoms with Crippen LogP contribution in [0.2, 0.25) is 0 Å². The normalized spacial score (nSPS) is 10.0. The van der Waals surface area contributed by atoms with Crippen LogP contribution in [0.5, 0.6) is 0 Å². The summed E-state index contributed by atoms with van der Waals surface area (Å²) in [5, 5.41) is 22.5. The van der Waals surface area contributed by atoms with Crippen molar-refractivity contribution in [1.82, 2.24) is 4.98 Å². The number of nitrogens with zero attached hydrogens (tertiary/aromatic N) is 1. The Morgan fingerprint density at radius 2 is 2.39 bits per heavy atom.